The van der Waals surface area contributed by atoms with E-state index in [0.717, 1.165) is 0 Å². The molecule has 0 atom stereocenters. The van der Waals surface area contributed by atoms with Crippen molar-refractivity contribution in [1.29, 1.82) is 0 Å². The van der Waals surface area contributed by atoms with Gasteiger partial charge in [0.25, 0.3) is 0 Å². The van der Waals surface area contributed by atoms with Crippen molar-refractivity contribution in [2.24, 2.45) is 0 Å². The van der Waals surface area contributed by atoms with E-state index in [4.69, 9.17) is 4.74 Å². The molecule has 0 aliphatic heterocycles. The Labute approximate surface area is 66.9 Å². The molecule has 0 saturated carbocycles. The molecule has 2 heteroatoms. The van der Waals surface area contributed by atoms with E-state index in [9.17, 15) is 4.79 Å². The van der Waals surface area contributed by atoms with E-state index >= 15 is 0 Å². The van der Waals surface area contributed by atoms with Gasteiger partial charge in [-0.1, -0.05) is 13.2 Å². The lowest BCUT2D eigenvalue weighted by Gasteiger charge is -1.95. The molecular weight excluding hydrogens is 140 g/mol. The lowest BCUT2D eigenvalue weighted by Crippen LogP contribution is -1.90. The Morgan fingerprint density at radius 2 is 1.91 bits per heavy atom. The van der Waals surface area contributed by atoms with Crippen LogP contribution in [-0.2, 0) is 9.53 Å². The highest BCUT2D eigenvalue weighted by Crippen LogP contribution is 1.98. The Balaban J connectivity index is 4.04. The third kappa shape index (κ3) is 4.14. The van der Waals surface area contributed by atoms with E-state index in [1.807, 2.05) is 0 Å². The predicted molar refractivity (Wildman–Crippen MR) is 45.1 cm³/mol. The van der Waals surface area contributed by atoms with Crippen molar-refractivity contribution in [3.63, 3.8) is 0 Å². The van der Waals surface area contributed by atoms with Crippen molar-refractivity contribution in [3.8, 4) is 0 Å². The lowest BCUT2D eigenvalue weighted by atomic mass is 10.2. The van der Waals surface area contributed by atoms with Gasteiger partial charge in [0.15, 0.2) is 5.78 Å². The predicted octanol–water partition coefficient (Wildman–Crippen LogP) is 1.85. The average molecular weight is 152 g/mol. The van der Waals surface area contributed by atoms with Crippen molar-refractivity contribution in [2.75, 3.05) is 7.11 Å². The Morgan fingerprint density at radius 3 is 2.27 bits per heavy atom. The van der Waals surface area contributed by atoms with E-state index < -0.39 is 0 Å². The fourth-order valence-corrected chi connectivity index (χ4v) is 0.379. The number of hydrogen-bond donors (Lipinski definition) is 0. The molecule has 0 amide bonds. The van der Waals surface area contributed by atoms with Gasteiger partial charge in [0.2, 0.25) is 0 Å². The largest absolute Gasteiger partial charge is 0.497 e. The quantitative estimate of drug-likeness (QED) is 0.349. The van der Waals surface area contributed by atoms with E-state index in [-0.39, 0.29) is 5.78 Å². The highest BCUT2D eigenvalue weighted by Gasteiger charge is 1.93. The first-order valence-corrected chi connectivity index (χ1v) is 3.18. The van der Waals surface area contributed by atoms with Crippen molar-refractivity contribution in [1.82, 2.24) is 0 Å². The van der Waals surface area contributed by atoms with Crippen molar-refractivity contribution in [2.45, 2.75) is 6.92 Å². The molecule has 0 N–H and O–H groups in total. The van der Waals surface area contributed by atoms with Gasteiger partial charge in [-0.25, -0.2) is 0 Å². The minimum absolute atomic E-state index is 0.0508. The summed E-state index contributed by atoms with van der Waals surface area (Å²) < 4.78 is 4.75. The summed E-state index contributed by atoms with van der Waals surface area (Å²) in [6.45, 7) is 8.53. The van der Waals surface area contributed by atoms with Crippen LogP contribution < -0.4 is 0 Å². The zero-order chi connectivity index (χ0) is 8.85. The summed E-state index contributed by atoms with van der Waals surface area (Å²) in [5.41, 5.74) is 0.447. The Kier molecular flexibility index (Phi) is 3.96. The highest BCUT2D eigenvalue weighted by molar-refractivity contribution is 5.95. The summed E-state index contributed by atoms with van der Waals surface area (Å²) in [7, 11) is 1.52. The third-order valence-corrected chi connectivity index (χ3v) is 1.18. The van der Waals surface area contributed by atoms with Crippen LogP contribution in [0.25, 0.3) is 0 Å². The highest BCUT2D eigenvalue weighted by atomic mass is 16.5. The molecular formula is C9H12O2. The van der Waals surface area contributed by atoms with Crippen LogP contribution in [0.4, 0.5) is 0 Å². The Hall–Kier alpha value is -1.31. The normalized spacial score (nSPS) is 9.64. The number of carbonyl (C=O) groups excluding carboxylic acids is 1. The van der Waals surface area contributed by atoms with Crippen molar-refractivity contribution >= 4 is 5.78 Å². The van der Waals surface area contributed by atoms with Crippen LogP contribution in [0.5, 0.6) is 0 Å². The molecule has 0 aromatic rings. The van der Waals surface area contributed by atoms with E-state index in [1.165, 1.54) is 14.0 Å². The van der Waals surface area contributed by atoms with Gasteiger partial charge in [0.1, 0.15) is 5.76 Å². The van der Waals surface area contributed by atoms with Crippen LogP contribution in [-0.4, -0.2) is 12.9 Å². The maximum Gasteiger partial charge on any atom is 0.159 e. The van der Waals surface area contributed by atoms with Crippen LogP contribution in [0, 0.1) is 0 Å². The van der Waals surface area contributed by atoms with Crippen LogP contribution >= 0.6 is 0 Å². The molecule has 0 saturated heterocycles. The van der Waals surface area contributed by atoms with Crippen LogP contribution in [0.2, 0.25) is 0 Å². The number of allylic oxidation sites excluding steroid dienone is 3. The van der Waals surface area contributed by atoms with Gasteiger partial charge in [0.05, 0.1) is 7.11 Å². The Bertz CT molecular complexity index is 212. The summed E-state index contributed by atoms with van der Waals surface area (Å²) in [6.07, 6.45) is 3.18. The first-order chi connectivity index (χ1) is 5.07. The molecule has 11 heavy (non-hydrogen) atoms. The van der Waals surface area contributed by atoms with Gasteiger partial charge >= 0.3 is 0 Å². The number of ketones is 1. The number of Topliss-reactive ketones (excluding diaryl/α,β-unsaturated/α-hetero) is 1. The molecule has 0 radical (unpaired) electrons. The number of hydrogen-bond acceptors (Lipinski definition) is 2. The third-order valence-electron chi connectivity index (χ3n) is 1.18. The van der Waals surface area contributed by atoms with Crippen LogP contribution in [0.1, 0.15) is 6.92 Å². The second kappa shape index (κ2) is 4.50. The lowest BCUT2D eigenvalue weighted by molar-refractivity contribution is -0.113. The smallest absolute Gasteiger partial charge is 0.159 e. The van der Waals surface area contributed by atoms with E-state index in [1.54, 1.807) is 12.2 Å². The van der Waals surface area contributed by atoms with Gasteiger partial charge in [0, 0.05) is 5.57 Å². The SMILES string of the molecule is C=C(/C=C\C(=C)C(C)=O)OC. The average Bonchev–Trinajstić information content (AvgIpc) is 1.99. The topological polar surface area (TPSA) is 26.3 Å². The van der Waals surface area contributed by atoms with Crippen molar-refractivity contribution in [3.05, 3.63) is 36.6 Å². The minimum atomic E-state index is -0.0508. The standard InChI is InChI=1S/C9H12O2/c1-7(9(3)10)5-6-8(2)11-4/h5-6H,1-2H2,3-4H3/b6-5-. The zero-order valence-electron chi connectivity index (χ0n) is 6.89. The fourth-order valence-electron chi connectivity index (χ4n) is 0.379. The number of ether oxygens (including phenoxy) is 1. The summed E-state index contributed by atoms with van der Waals surface area (Å²) in [5, 5.41) is 0. The van der Waals surface area contributed by atoms with E-state index in [0.29, 0.717) is 11.3 Å². The second-order valence-corrected chi connectivity index (χ2v) is 2.09. The molecule has 0 aliphatic rings. The summed E-state index contributed by atoms with van der Waals surface area (Å²) in [6, 6.07) is 0. The molecule has 0 bridgehead atoms. The minimum Gasteiger partial charge on any atom is -0.497 e. The maximum atomic E-state index is 10.6. The molecule has 0 fully saturated rings. The molecule has 0 spiro atoms. The summed E-state index contributed by atoms with van der Waals surface area (Å²) in [4.78, 5) is 10.6. The number of methoxy groups -OCH3 is 1. The Morgan fingerprint density at radius 1 is 1.36 bits per heavy atom. The molecule has 0 aromatic carbocycles. The molecule has 0 unspecified atom stereocenters. The first-order valence-electron chi connectivity index (χ1n) is 3.18. The van der Waals surface area contributed by atoms with Gasteiger partial charge in [-0.3, -0.25) is 4.79 Å². The molecule has 60 valence electrons. The van der Waals surface area contributed by atoms with Crippen LogP contribution in [0.15, 0.2) is 36.6 Å². The zero-order valence-corrected chi connectivity index (χ0v) is 6.89. The first kappa shape index (κ1) is 9.69. The second-order valence-electron chi connectivity index (χ2n) is 2.09. The van der Waals surface area contributed by atoms with Gasteiger partial charge in [-0.15, -0.1) is 0 Å². The maximum absolute atomic E-state index is 10.6. The van der Waals surface area contributed by atoms with Crippen LogP contribution in [0.3, 0.4) is 0 Å². The molecule has 0 aromatic heterocycles. The van der Waals surface area contributed by atoms with E-state index in [2.05, 4.69) is 13.2 Å². The molecule has 0 rings (SSSR count). The monoisotopic (exact) mass is 152 g/mol. The van der Waals surface area contributed by atoms with Gasteiger partial charge < -0.3 is 4.74 Å². The molecule has 0 aliphatic carbocycles. The number of rotatable bonds is 4. The molecule has 2 nitrogen and oxygen atoms in total. The van der Waals surface area contributed by atoms with Gasteiger partial charge in [-0.2, -0.15) is 0 Å². The van der Waals surface area contributed by atoms with Crippen molar-refractivity contribution < 1.29 is 9.53 Å². The summed E-state index contributed by atoms with van der Waals surface area (Å²) >= 11 is 0. The number of carbonyl (C=O) groups is 1. The fraction of sp³-hybridized carbons (Fsp3) is 0.222. The van der Waals surface area contributed by atoms with Gasteiger partial charge in [-0.05, 0) is 19.1 Å². The molecule has 0 heterocycles. The summed E-state index contributed by atoms with van der Waals surface area (Å²) in [5.74, 6) is 0.456.